The van der Waals surface area contributed by atoms with Gasteiger partial charge in [-0.25, -0.2) is 13.1 Å². The number of nitrogens with one attached hydrogen (secondary N) is 1. The van der Waals surface area contributed by atoms with Gasteiger partial charge < -0.3 is 4.74 Å². The molecule has 2 rings (SSSR count). The summed E-state index contributed by atoms with van der Waals surface area (Å²) >= 11 is 7.27. The van der Waals surface area contributed by atoms with Gasteiger partial charge in [0.15, 0.2) is 0 Å². The van der Waals surface area contributed by atoms with Crippen molar-refractivity contribution in [2.75, 3.05) is 7.11 Å². The van der Waals surface area contributed by atoms with E-state index in [0.717, 1.165) is 9.75 Å². The molecule has 184 valence electrons. The van der Waals surface area contributed by atoms with Crippen molar-refractivity contribution in [1.82, 2.24) is 4.72 Å². The Morgan fingerprint density at radius 2 is 1.79 bits per heavy atom. The van der Waals surface area contributed by atoms with Crippen LogP contribution in [0.2, 0.25) is 5.02 Å². The first-order chi connectivity index (χ1) is 15.5. The molecular formula is C22H27ClF3NO4S2. The average molecular weight is 526 g/mol. The van der Waals surface area contributed by atoms with Crippen molar-refractivity contribution in [2.45, 2.75) is 68.5 Å². The zero-order valence-electron chi connectivity index (χ0n) is 18.2. The Balaban J connectivity index is 2.08. The number of unbranched alkanes of at least 4 members (excludes halogenated alkanes) is 2. The van der Waals surface area contributed by atoms with Gasteiger partial charge in [-0.2, -0.15) is 13.2 Å². The minimum Gasteiger partial charge on any atom is -0.469 e. The lowest BCUT2D eigenvalue weighted by Gasteiger charge is -2.18. The molecule has 5 nitrogen and oxygen atoms in total. The van der Waals surface area contributed by atoms with Gasteiger partial charge in [0.25, 0.3) is 0 Å². The largest absolute Gasteiger partial charge is 0.469 e. The van der Waals surface area contributed by atoms with Crippen LogP contribution in [0.4, 0.5) is 13.2 Å². The fraction of sp³-hybridized carbons (Fsp3) is 0.500. The van der Waals surface area contributed by atoms with Crippen LogP contribution in [0.5, 0.6) is 0 Å². The molecule has 2 aromatic rings. The van der Waals surface area contributed by atoms with Crippen molar-refractivity contribution < 1.29 is 31.1 Å². The zero-order chi connectivity index (χ0) is 24.5. The van der Waals surface area contributed by atoms with Crippen molar-refractivity contribution in [3.63, 3.8) is 0 Å². The van der Waals surface area contributed by atoms with Crippen molar-refractivity contribution in [2.24, 2.45) is 0 Å². The van der Waals surface area contributed by atoms with E-state index in [0.29, 0.717) is 37.1 Å². The Labute approximate surface area is 201 Å². The van der Waals surface area contributed by atoms with Gasteiger partial charge in [0.2, 0.25) is 10.0 Å². The van der Waals surface area contributed by atoms with E-state index in [-0.39, 0.29) is 23.7 Å². The zero-order valence-corrected chi connectivity index (χ0v) is 20.5. The van der Waals surface area contributed by atoms with E-state index in [1.165, 1.54) is 42.7 Å². The summed E-state index contributed by atoms with van der Waals surface area (Å²) in [4.78, 5) is 13.1. The van der Waals surface area contributed by atoms with Crippen molar-refractivity contribution in [3.8, 4) is 0 Å². The number of aryl methyl sites for hydroxylation is 1. The summed E-state index contributed by atoms with van der Waals surface area (Å²) < 4.78 is 70.3. The van der Waals surface area contributed by atoms with Gasteiger partial charge in [-0.3, -0.25) is 4.79 Å². The molecule has 0 amide bonds. The van der Waals surface area contributed by atoms with Crippen LogP contribution in [0.3, 0.4) is 0 Å². The van der Waals surface area contributed by atoms with Gasteiger partial charge in [0.05, 0.1) is 18.0 Å². The SMILES string of the molecule is COC(=O)CCCc1ccc(C(CCCCCC(F)(F)F)NS(=O)(=O)c2ccc(Cl)cc2)s1. The van der Waals surface area contributed by atoms with E-state index in [4.69, 9.17) is 11.6 Å². The molecule has 0 bridgehead atoms. The first-order valence-electron chi connectivity index (χ1n) is 10.5. The van der Waals surface area contributed by atoms with E-state index in [2.05, 4.69) is 9.46 Å². The summed E-state index contributed by atoms with van der Waals surface area (Å²) in [5, 5.41) is 0.407. The minimum atomic E-state index is -4.19. The molecule has 1 atom stereocenters. The number of thiophene rings is 1. The summed E-state index contributed by atoms with van der Waals surface area (Å²) in [6, 6.07) is 8.89. The molecule has 1 unspecified atom stereocenters. The quantitative estimate of drug-likeness (QED) is 0.241. The molecule has 0 aliphatic rings. The Morgan fingerprint density at radius 1 is 1.09 bits per heavy atom. The maximum absolute atomic E-state index is 12.9. The number of hydrogen-bond acceptors (Lipinski definition) is 5. The molecule has 0 aliphatic heterocycles. The normalized spacial score (nSPS) is 13.1. The Hall–Kier alpha value is -1.62. The molecule has 33 heavy (non-hydrogen) atoms. The highest BCUT2D eigenvalue weighted by Gasteiger charge is 2.26. The number of sulfonamides is 1. The second-order valence-electron chi connectivity index (χ2n) is 7.58. The van der Waals surface area contributed by atoms with Crippen LogP contribution in [-0.2, 0) is 26.0 Å². The summed E-state index contributed by atoms with van der Waals surface area (Å²) in [5.41, 5.74) is 0. The summed E-state index contributed by atoms with van der Waals surface area (Å²) in [6.45, 7) is 0. The fourth-order valence-electron chi connectivity index (χ4n) is 3.20. The highest BCUT2D eigenvalue weighted by molar-refractivity contribution is 7.89. The highest BCUT2D eigenvalue weighted by atomic mass is 35.5. The molecule has 0 saturated carbocycles. The first kappa shape index (κ1) is 27.6. The fourth-order valence-corrected chi connectivity index (χ4v) is 5.79. The topological polar surface area (TPSA) is 72.5 Å². The number of ether oxygens (including phenoxy) is 1. The van der Waals surface area contributed by atoms with E-state index in [9.17, 15) is 26.4 Å². The Morgan fingerprint density at radius 3 is 2.42 bits per heavy atom. The lowest BCUT2D eigenvalue weighted by molar-refractivity contribution is -0.140. The number of rotatable bonds is 13. The van der Waals surface area contributed by atoms with Gasteiger partial charge >= 0.3 is 12.1 Å². The predicted octanol–water partition coefficient (Wildman–Crippen LogP) is 6.43. The number of benzene rings is 1. The Kier molecular flexibility index (Phi) is 10.7. The standard InChI is InChI=1S/C22H27ClF3NO4S2/c1-31-21(28)8-5-6-17-11-14-20(32-17)19(7-3-2-4-15-22(24,25)26)27-33(29,30)18-12-9-16(23)10-13-18/h9-14,19,27H,2-8,15H2,1H3. The van der Waals surface area contributed by atoms with Crippen LogP contribution in [0.25, 0.3) is 0 Å². The molecule has 0 aliphatic carbocycles. The van der Waals surface area contributed by atoms with Gasteiger partial charge in [-0.05, 0) is 62.1 Å². The van der Waals surface area contributed by atoms with E-state index in [1.807, 2.05) is 12.1 Å². The average Bonchev–Trinajstić information content (AvgIpc) is 3.21. The maximum Gasteiger partial charge on any atom is 0.389 e. The monoisotopic (exact) mass is 525 g/mol. The number of hydrogen-bond donors (Lipinski definition) is 1. The van der Waals surface area contributed by atoms with E-state index < -0.39 is 28.7 Å². The summed E-state index contributed by atoms with van der Waals surface area (Å²) in [5.74, 6) is -0.292. The predicted molar refractivity (Wildman–Crippen MR) is 123 cm³/mol. The van der Waals surface area contributed by atoms with Crippen LogP contribution in [0, 0.1) is 0 Å². The van der Waals surface area contributed by atoms with E-state index >= 15 is 0 Å². The van der Waals surface area contributed by atoms with Gasteiger partial charge in [-0.1, -0.05) is 24.4 Å². The lowest BCUT2D eigenvalue weighted by Crippen LogP contribution is -2.28. The molecular weight excluding hydrogens is 499 g/mol. The number of alkyl halides is 3. The van der Waals surface area contributed by atoms with Gasteiger partial charge in [-0.15, -0.1) is 11.3 Å². The number of halogens is 4. The molecule has 1 N–H and O–H groups in total. The summed E-state index contributed by atoms with van der Waals surface area (Å²) in [6.07, 6.45) is -2.35. The van der Waals surface area contributed by atoms with Crippen LogP contribution in [0.1, 0.15) is 60.7 Å². The molecule has 1 heterocycles. The second-order valence-corrected chi connectivity index (χ2v) is 10.9. The minimum absolute atomic E-state index is 0.00335. The number of methoxy groups -OCH3 is 1. The molecule has 11 heteroatoms. The van der Waals surface area contributed by atoms with Gasteiger partial charge in [0, 0.05) is 27.6 Å². The van der Waals surface area contributed by atoms with Crippen LogP contribution >= 0.6 is 22.9 Å². The number of carbonyl (C=O) groups excluding carboxylic acids is 1. The van der Waals surface area contributed by atoms with Crippen molar-refractivity contribution >= 4 is 38.9 Å². The van der Waals surface area contributed by atoms with Crippen LogP contribution < -0.4 is 4.72 Å². The third kappa shape index (κ3) is 10.0. The third-order valence-corrected chi connectivity index (χ3v) is 7.93. The third-order valence-electron chi connectivity index (χ3n) is 4.93. The van der Waals surface area contributed by atoms with Gasteiger partial charge in [0.1, 0.15) is 0 Å². The highest BCUT2D eigenvalue weighted by Crippen LogP contribution is 2.31. The second kappa shape index (κ2) is 12.7. The van der Waals surface area contributed by atoms with Crippen LogP contribution in [-0.4, -0.2) is 27.7 Å². The number of esters is 1. The smallest absolute Gasteiger partial charge is 0.389 e. The van der Waals surface area contributed by atoms with Crippen molar-refractivity contribution in [1.29, 1.82) is 0 Å². The molecule has 0 spiro atoms. The lowest BCUT2D eigenvalue weighted by atomic mass is 10.1. The van der Waals surface area contributed by atoms with Crippen molar-refractivity contribution in [3.05, 3.63) is 51.2 Å². The molecule has 1 aromatic heterocycles. The number of carbonyl (C=O) groups is 1. The van der Waals surface area contributed by atoms with Crippen LogP contribution in [0.15, 0.2) is 41.3 Å². The Bertz CT molecular complexity index is 992. The molecule has 1 aromatic carbocycles. The summed E-state index contributed by atoms with van der Waals surface area (Å²) in [7, 11) is -2.52. The van der Waals surface area contributed by atoms with E-state index in [1.54, 1.807) is 0 Å². The molecule has 0 fully saturated rings. The molecule has 0 saturated heterocycles. The molecule has 0 radical (unpaired) electrons. The first-order valence-corrected chi connectivity index (χ1v) is 13.2. The maximum atomic E-state index is 12.9.